The molecular formula is C27H37N3O4S. The highest BCUT2D eigenvalue weighted by atomic mass is 32.2. The van der Waals surface area contributed by atoms with Crippen LogP contribution in [-0.4, -0.2) is 68.7 Å². The fraction of sp³-hybridized carbons (Fsp3) is 0.519. The number of nitrogens with one attached hydrogen (secondary N) is 1. The average molecular weight is 500 g/mol. The molecule has 2 fully saturated rings. The summed E-state index contributed by atoms with van der Waals surface area (Å²) in [6, 6.07) is 18.2. The van der Waals surface area contributed by atoms with Gasteiger partial charge in [-0.05, 0) is 42.4 Å². The van der Waals surface area contributed by atoms with Gasteiger partial charge in [-0.15, -0.1) is 0 Å². The first kappa shape index (κ1) is 25.8. The lowest BCUT2D eigenvalue weighted by atomic mass is 9.98. The van der Waals surface area contributed by atoms with Crippen LogP contribution in [0.5, 0.6) is 0 Å². The second-order valence-corrected chi connectivity index (χ2v) is 11.6. The molecular weight excluding hydrogens is 462 g/mol. The monoisotopic (exact) mass is 499 g/mol. The minimum absolute atomic E-state index is 0.0623. The minimum atomic E-state index is -3.37. The van der Waals surface area contributed by atoms with Crippen LogP contribution in [0.3, 0.4) is 0 Å². The Balaban J connectivity index is 1.24. The first-order valence-corrected chi connectivity index (χ1v) is 14.3. The van der Waals surface area contributed by atoms with Crippen molar-refractivity contribution in [1.82, 2.24) is 14.5 Å². The van der Waals surface area contributed by atoms with Crippen molar-refractivity contribution in [2.45, 2.75) is 38.8 Å². The number of piperidine rings is 1. The Morgan fingerprint density at radius 3 is 2.51 bits per heavy atom. The highest BCUT2D eigenvalue weighted by Gasteiger charge is 2.32. The summed E-state index contributed by atoms with van der Waals surface area (Å²) in [5.74, 6) is -0.247. The van der Waals surface area contributed by atoms with E-state index in [1.807, 2.05) is 42.5 Å². The third-order valence-corrected chi connectivity index (χ3v) is 8.75. The Morgan fingerprint density at radius 2 is 1.71 bits per heavy atom. The molecule has 1 amide bonds. The van der Waals surface area contributed by atoms with Crippen LogP contribution in [0.4, 0.5) is 0 Å². The molecule has 1 atom stereocenters. The van der Waals surface area contributed by atoms with Crippen LogP contribution in [0.2, 0.25) is 0 Å². The molecule has 2 aliphatic heterocycles. The van der Waals surface area contributed by atoms with Gasteiger partial charge < -0.3 is 10.1 Å². The van der Waals surface area contributed by atoms with Gasteiger partial charge in [0.1, 0.15) is 0 Å². The van der Waals surface area contributed by atoms with Crippen molar-refractivity contribution < 1.29 is 17.9 Å². The van der Waals surface area contributed by atoms with E-state index in [0.717, 1.165) is 56.8 Å². The van der Waals surface area contributed by atoms with Crippen molar-refractivity contribution in [3.63, 3.8) is 0 Å². The maximum atomic E-state index is 12.9. The van der Waals surface area contributed by atoms with Crippen LogP contribution in [0, 0.1) is 5.92 Å². The third kappa shape index (κ3) is 7.87. The molecule has 0 radical (unpaired) electrons. The maximum Gasteiger partial charge on any atom is 0.224 e. The number of rotatable bonds is 10. The quantitative estimate of drug-likeness (QED) is 0.544. The van der Waals surface area contributed by atoms with Crippen LogP contribution in [0.15, 0.2) is 54.6 Å². The van der Waals surface area contributed by atoms with Gasteiger partial charge in [0, 0.05) is 39.3 Å². The zero-order chi connectivity index (χ0) is 24.5. The topological polar surface area (TPSA) is 79.0 Å². The molecule has 2 saturated heterocycles. The molecule has 0 bridgehead atoms. The van der Waals surface area contributed by atoms with Gasteiger partial charge in [-0.2, -0.15) is 0 Å². The van der Waals surface area contributed by atoms with Gasteiger partial charge in [0.05, 0.1) is 24.9 Å². The van der Waals surface area contributed by atoms with E-state index in [9.17, 15) is 13.2 Å². The molecule has 1 N–H and O–H groups in total. The van der Waals surface area contributed by atoms with Crippen LogP contribution in [-0.2, 0) is 39.1 Å². The van der Waals surface area contributed by atoms with E-state index < -0.39 is 10.0 Å². The average Bonchev–Trinajstić information content (AvgIpc) is 2.89. The zero-order valence-corrected chi connectivity index (χ0v) is 21.2. The minimum Gasteiger partial charge on any atom is -0.379 e. The molecule has 8 heteroatoms. The summed E-state index contributed by atoms with van der Waals surface area (Å²) in [5.41, 5.74) is 3.43. The van der Waals surface area contributed by atoms with Gasteiger partial charge in [-0.1, -0.05) is 54.6 Å². The molecule has 2 aromatic carbocycles. The van der Waals surface area contributed by atoms with Gasteiger partial charge in [0.15, 0.2) is 0 Å². The Labute approximate surface area is 209 Å². The SMILES string of the molecule is O=C(NCc1cccc(CN2CCOCC2)c1)[C@H]1CCCN(S(=O)(=O)CCCc2ccccc2)C1. The Bertz CT molecular complexity index is 1060. The number of ether oxygens (including phenoxy) is 1. The summed E-state index contributed by atoms with van der Waals surface area (Å²) in [7, 11) is -3.37. The predicted octanol–water partition coefficient (Wildman–Crippen LogP) is 2.81. The van der Waals surface area contributed by atoms with Crippen molar-refractivity contribution in [3.8, 4) is 0 Å². The van der Waals surface area contributed by atoms with E-state index >= 15 is 0 Å². The fourth-order valence-corrected chi connectivity index (χ4v) is 6.41. The number of benzene rings is 2. The second kappa shape index (κ2) is 12.6. The summed E-state index contributed by atoms with van der Waals surface area (Å²) in [5, 5.41) is 3.04. The Kier molecular flexibility index (Phi) is 9.31. The van der Waals surface area contributed by atoms with Crippen molar-refractivity contribution in [2.24, 2.45) is 5.92 Å². The zero-order valence-electron chi connectivity index (χ0n) is 20.4. The molecule has 0 saturated carbocycles. The van der Waals surface area contributed by atoms with Crippen LogP contribution in [0.1, 0.15) is 36.0 Å². The van der Waals surface area contributed by atoms with Crippen LogP contribution < -0.4 is 5.32 Å². The highest BCUT2D eigenvalue weighted by Crippen LogP contribution is 2.21. The number of sulfonamides is 1. The Morgan fingerprint density at radius 1 is 0.971 bits per heavy atom. The lowest BCUT2D eigenvalue weighted by Crippen LogP contribution is -2.46. The molecule has 35 heavy (non-hydrogen) atoms. The lowest BCUT2D eigenvalue weighted by molar-refractivity contribution is -0.126. The van der Waals surface area contributed by atoms with Crippen molar-refractivity contribution in [3.05, 3.63) is 71.3 Å². The number of aryl methyl sites for hydroxylation is 1. The number of carbonyl (C=O) groups excluding carboxylic acids is 1. The molecule has 7 nitrogen and oxygen atoms in total. The number of carbonyl (C=O) groups is 1. The predicted molar refractivity (Wildman–Crippen MR) is 137 cm³/mol. The van der Waals surface area contributed by atoms with Gasteiger partial charge in [-0.3, -0.25) is 9.69 Å². The first-order chi connectivity index (χ1) is 17.0. The lowest BCUT2D eigenvalue weighted by Gasteiger charge is -2.31. The maximum absolute atomic E-state index is 12.9. The molecule has 4 rings (SSSR count). The molecule has 0 unspecified atom stereocenters. The van der Waals surface area contributed by atoms with E-state index in [1.54, 1.807) is 0 Å². The second-order valence-electron chi connectivity index (χ2n) is 9.53. The van der Waals surface area contributed by atoms with Crippen molar-refractivity contribution >= 4 is 15.9 Å². The Hall–Kier alpha value is -2.26. The van der Waals surface area contributed by atoms with Crippen molar-refractivity contribution in [1.29, 1.82) is 0 Å². The van der Waals surface area contributed by atoms with Gasteiger partial charge in [0.2, 0.25) is 15.9 Å². The summed E-state index contributed by atoms with van der Waals surface area (Å²) in [6.45, 7) is 5.54. The van der Waals surface area contributed by atoms with Crippen LogP contribution >= 0.6 is 0 Å². The van der Waals surface area contributed by atoms with Crippen LogP contribution in [0.25, 0.3) is 0 Å². The molecule has 0 aliphatic carbocycles. The summed E-state index contributed by atoms with van der Waals surface area (Å²) >= 11 is 0. The number of hydrogen-bond donors (Lipinski definition) is 1. The fourth-order valence-electron chi connectivity index (χ4n) is 4.83. The van der Waals surface area contributed by atoms with Crippen molar-refractivity contribution in [2.75, 3.05) is 45.1 Å². The first-order valence-electron chi connectivity index (χ1n) is 12.7. The van der Waals surface area contributed by atoms with E-state index in [4.69, 9.17) is 4.74 Å². The third-order valence-electron chi connectivity index (χ3n) is 6.83. The smallest absolute Gasteiger partial charge is 0.224 e. The number of amides is 1. The number of nitrogens with zero attached hydrogens (tertiary/aromatic N) is 2. The molecule has 2 aromatic rings. The van der Waals surface area contributed by atoms with E-state index in [1.165, 1.54) is 9.87 Å². The highest BCUT2D eigenvalue weighted by molar-refractivity contribution is 7.89. The molecule has 0 spiro atoms. The summed E-state index contributed by atoms with van der Waals surface area (Å²) in [6.07, 6.45) is 2.76. The normalized spacial score (nSPS) is 19.9. The number of morpholine rings is 1. The van der Waals surface area contributed by atoms with E-state index in [2.05, 4.69) is 22.3 Å². The van der Waals surface area contributed by atoms with Gasteiger partial charge in [0.25, 0.3) is 0 Å². The number of hydrogen-bond acceptors (Lipinski definition) is 5. The molecule has 190 valence electrons. The van der Waals surface area contributed by atoms with E-state index in [0.29, 0.717) is 25.9 Å². The molecule has 0 aromatic heterocycles. The summed E-state index contributed by atoms with van der Waals surface area (Å²) in [4.78, 5) is 15.3. The standard InChI is InChI=1S/C27H37N3O4S/c31-27(28-20-24-9-4-10-25(19-24)21-29-14-16-34-17-15-29)26-12-5-13-30(22-26)35(32,33)18-6-11-23-7-2-1-3-8-23/h1-4,7-10,19,26H,5-6,11-18,20-22H2,(H,28,31)/t26-/m0/s1. The van der Waals surface area contributed by atoms with Gasteiger partial charge in [-0.25, -0.2) is 12.7 Å². The molecule has 2 aliphatic rings. The summed E-state index contributed by atoms with van der Waals surface area (Å²) < 4.78 is 32.8. The molecule has 2 heterocycles. The van der Waals surface area contributed by atoms with Gasteiger partial charge >= 0.3 is 0 Å². The largest absolute Gasteiger partial charge is 0.379 e. The van der Waals surface area contributed by atoms with E-state index in [-0.39, 0.29) is 24.1 Å².